The molecule has 0 aliphatic heterocycles. The van der Waals surface area contributed by atoms with Gasteiger partial charge in [0.15, 0.2) is 0 Å². The first-order valence-corrected chi connectivity index (χ1v) is 9.77. The number of hydrogen-bond acceptors (Lipinski definition) is 4. The molecule has 0 fully saturated rings. The summed E-state index contributed by atoms with van der Waals surface area (Å²) in [4.78, 5) is 7.99. The summed E-state index contributed by atoms with van der Waals surface area (Å²) in [5.41, 5.74) is 3.33. The summed E-state index contributed by atoms with van der Waals surface area (Å²) in [6, 6.07) is 21.1. The van der Waals surface area contributed by atoms with E-state index in [1.165, 1.54) is 0 Å². The van der Waals surface area contributed by atoms with Crippen LogP contribution in [-0.2, 0) is 33.3 Å². The largest absolute Gasteiger partial charge is 0.487 e. The van der Waals surface area contributed by atoms with Gasteiger partial charge in [0.2, 0.25) is 0 Å². The van der Waals surface area contributed by atoms with Crippen molar-refractivity contribution in [2.75, 3.05) is 0 Å². The Bertz CT molecular complexity index is 1160. The number of aliphatic hydroxyl groups is 1. The van der Waals surface area contributed by atoms with Crippen molar-refractivity contribution in [3.8, 4) is 17.0 Å². The quantitative estimate of drug-likeness (QED) is 0.284. The van der Waals surface area contributed by atoms with Crippen LogP contribution < -0.4 is 4.74 Å². The number of ether oxygens (including phenoxy) is 1. The monoisotopic (exact) mass is 624 g/mol. The maximum absolute atomic E-state index is 13.2. The second-order valence-electron chi connectivity index (χ2n) is 6.60. The van der Waals surface area contributed by atoms with Gasteiger partial charge in [-0.3, -0.25) is 13.8 Å². The molecule has 0 unspecified atom stereocenters. The minimum Gasteiger partial charge on any atom is -0.487 e. The molecule has 0 saturated heterocycles. The molecule has 2 aromatic carbocycles. The first-order chi connectivity index (χ1) is 15.6. The Balaban J connectivity index is 0.000000233. The molecule has 0 bridgehead atoms. The smallest absolute Gasteiger partial charge is 0.143 e. The number of nitrogens with zero attached hydrogens (tertiary/aromatic N) is 2. The fourth-order valence-corrected chi connectivity index (χ4v) is 2.74. The van der Waals surface area contributed by atoms with Gasteiger partial charge in [-0.05, 0) is 35.0 Å². The van der Waals surface area contributed by atoms with E-state index in [4.69, 9.17) is 9.84 Å². The fraction of sp³-hybridized carbons (Fsp3) is 0.0769. The molecule has 1 N–H and O–H groups in total. The van der Waals surface area contributed by atoms with E-state index in [9.17, 15) is 8.78 Å². The van der Waals surface area contributed by atoms with Gasteiger partial charge >= 0.3 is 0 Å². The topological polar surface area (TPSA) is 55.2 Å². The van der Waals surface area contributed by atoms with E-state index in [1.807, 2.05) is 24.3 Å². The molecule has 0 aliphatic rings. The van der Waals surface area contributed by atoms with E-state index >= 15 is 0 Å². The van der Waals surface area contributed by atoms with Crippen LogP contribution in [0.5, 0.6) is 5.75 Å². The van der Waals surface area contributed by atoms with Crippen LogP contribution in [0.3, 0.4) is 0 Å². The van der Waals surface area contributed by atoms with Crippen LogP contribution in [0.25, 0.3) is 17.3 Å². The molecule has 0 saturated carbocycles. The van der Waals surface area contributed by atoms with Gasteiger partial charge in [0, 0.05) is 44.1 Å². The maximum Gasteiger partial charge on any atom is 0.143 e. The standard InChI is InChI=1S/C15H15NO2.C11H6F2N.Ir/c1-2-12-5-7-13(8-6-12)11-18-15-4-3-9-16-14(15)10-17;12-8-4-5-9(10(13)7-8)11-3-1-2-6-14-11;/h2-9,17H,1,10-11H2;1-4,6-7H;/q;-1;. The third-order valence-corrected chi connectivity index (χ3v) is 4.39. The van der Waals surface area contributed by atoms with Gasteiger partial charge in [0.1, 0.15) is 18.1 Å². The van der Waals surface area contributed by atoms with Crippen LogP contribution in [0.2, 0.25) is 0 Å². The molecule has 7 heteroatoms. The van der Waals surface area contributed by atoms with Crippen molar-refractivity contribution >= 4 is 6.08 Å². The molecule has 4 rings (SSSR count). The number of aliphatic hydroxyl groups excluding tert-OH is 1. The van der Waals surface area contributed by atoms with E-state index in [1.54, 1.807) is 48.8 Å². The summed E-state index contributed by atoms with van der Waals surface area (Å²) in [6.07, 6.45) is 4.98. The van der Waals surface area contributed by atoms with Crippen molar-refractivity contribution in [1.29, 1.82) is 0 Å². The number of halogens is 2. The molecule has 0 aliphatic carbocycles. The summed E-state index contributed by atoms with van der Waals surface area (Å²) >= 11 is 0. The Morgan fingerprint density at radius 3 is 2.39 bits per heavy atom. The number of pyridine rings is 2. The second-order valence-corrected chi connectivity index (χ2v) is 6.60. The van der Waals surface area contributed by atoms with Crippen LogP contribution in [0.15, 0.2) is 85.7 Å². The van der Waals surface area contributed by atoms with E-state index < -0.39 is 11.6 Å². The van der Waals surface area contributed by atoms with E-state index in [0.29, 0.717) is 23.7 Å². The van der Waals surface area contributed by atoms with Gasteiger partial charge in [-0.1, -0.05) is 60.7 Å². The number of rotatable bonds is 6. The summed E-state index contributed by atoms with van der Waals surface area (Å²) in [5.74, 6) is -0.668. The normalized spacial score (nSPS) is 9.79. The van der Waals surface area contributed by atoms with Crippen LogP contribution in [0.4, 0.5) is 8.78 Å². The molecular formula is C26H21F2IrN2O2-. The Kier molecular flexibility index (Phi) is 10.5. The summed E-state index contributed by atoms with van der Waals surface area (Å²) in [5, 5.41) is 9.13. The van der Waals surface area contributed by atoms with Crippen LogP contribution in [0.1, 0.15) is 16.8 Å². The Morgan fingerprint density at radius 2 is 1.76 bits per heavy atom. The molecule has 0 atom stereocenters. The summed E-state index contributed by atoms with van der Waals surface area (Å²) < 4.78 is 31.4. The average molecular weight is 624 g/mol. The number of aromatic nitrogens is 2. The molecule has 2 aromatic heterocycles. The molecule has 0 spiro atoms. The van der Waals surface area contributed by atoms with Crippen molar-refractivity contribution in [1.82, 2.24) is 9.97 Å². The Hall–Kier alpha value is -3.25. The minimum absolute atomic E-state index is 0. The van der Waals surface area contributed by atoms with E-state index in [-0.39, 0.29) is 32.3 Å². The van der Waals surface area contributed by atoms with Crippen molar-refractivity contribution in [3.05, 3.63) is 120 Å². The van der Waals surface area contributed by atoms with Crippen molar-refractivity contribution in [2.45, 2.75) is 13.2 Å². The first-order valence-electron chi connectivity index (χ1n) is 9.77. The molecule has 4 aromatic rings. The van der Waals surface area contributed by atoms with Crippen LogP contribution >= 0.6 is 0 Å². The van der Waals surface area contributed by atoms with Gasteiger partial charge in [0.25, 0.3) is 0 Å². The zero-order valence-electron chi connectivity index (χ0n) is 17.5. The Labute approximate surface area is 205 Å². The first kappa shape index (κ1) is 26.0. The maximum atomic E-state index is 13.2. The predicted molar refractivity (Wildman–Crippen MR) is 119 cm³/mol. The van der Waals surface area contributed by atoms with Crippen LogP contribution in [-0.4, -0.2) is 15.1 Å². The van der Waals surface area contributed by atoms with Crippen molar-refractivity contribution in [2.24, 2.45) is 0 Å². The van der Waals surface area contributed by atoms with Gasteiger partial charge in [-0.2, -0.15) is 0 Å². The fourth-order valence-electron chi connectivity index (χ4n) is 2.74. The third kappa shape index (κ3) is 7.68. The zero-order chi connectivity index (χ0) is 22.8. The van der Waals surface area contributed by atoms with E-state index in [2.05, 4.69) is 22.6 Å². The van der Waals surface area contributed by atoms with Crippen LogP contribution in [0, 0.1) is 17.7 Å². The SMILES string of the molecule is C=Cc1ccc(COc2cccnc2CO)cc1.Fc1c[c-]c(-c2ccccn2)c(F)c1.[Ir]. The van der Waals surface area contributed by atoms with Crippen molar-refractivity contribution in [3.63, 3.8) is 0 Å². The zero-order valence-corrected chi connectivity index (χ0v) is 19.9. The van der Waals surface area contributed by atoms with Gasteiger partial charge < -0.3 is 14.8 Å². The average Bonchev–Trinajstić information content (AvgIpc) is 2.84. The number of benzene rings is 2. The second kappa shape index (κ2) is 13.3. The summed E-state index contributed by atoms with van der Waals surface area (Å²) in [7, 11) is 0. The molecule has 1 radical (unpaired) electrons. The molecule has 0 amide bonds. The summed E-state index contributed by atoms with van der Waals surface area (Å²) in [6.45, 7) is 4.04. The third-order valence-electron chi connectivity index (χ3n) is 4.39. The van der Waals surface area contributed by atoms with Crippen molar-refractivity contribution < 1.29 is 38.7 Å². The molecule has 4 nitrogen and oxygen atoms in total. The van der Waals surface area contributed by atoms with Gasteiger partial charge in [-0.15, -0.1) is 12.1 Å². The van der Waals surface area contributed by atoms with Gasteiger partial charge in [0.05, 0.1) is 6.61 Å². The Morgan fingerprint density at radius 1 is 1.00 bits per heavy atom. The minimum atomic E-state index is -0.649. The molecular weight excluding hydrogens is 603 g/mol. The molecule has 33 heavy (non-hydrogen) atoms. The van der Waals surface area contributed by atoms with Gasteiger partial charge in [-0.25, -0.2) is 0 Å². The predicted octanol–water partition coefficient (Wildman–Crippen LogP) is 5.62. The molecule has 171 valence electrons. The number of hydrogen-bond donors (Lipinski definition) is 1. The molecule has 2 heterocycles. The van der Waals surface area contributed by atoms with E-state index in [0.717, 1.165) is 23.3 Å².